The number of piperazine rings is 1. The molecule has 6 heteroatoms. The third-order valence-corrected chi connectivity index (χ3v) is 3.44. The van der Waals surface area contributed by atoms with Gasteiger partial charge in [0.1, 0.15) is 11.6 Å². The minimum atomic E-state index is -0.278. The van der Waals surface area contributed by atoms with Gasteiger partial charge in [-0.1, -0.05) is 0 Å². The zero-order chi connectivity index (χ0) is 14.4. The Hall–Kier alpha value is -1.33. The van der Waals surface area contributed by atoms with Crippen molar-refractivity contribution in [2.75, 3.05) is 26.2 Å². The van der Waals surface area contributed by atoms with Crippen molar-refractivity contribution in [1.82, 2.24) is 10.2 Å². The summed E-state index contributed by atoms with van der Waals surface area (Å²) in [5.74, 6) is 0.538. The Balaban J connectivity index is 0.00000220. The highest BCUT2D eigenvalue weighted by molar-refractivity contribution is 5.85. The average molecular weight is 317 g/mol. The van der Waals surface area contributed by atoms with Gasteiger partial charge in [0.2, 0.25) is 5.91 Å². The van der Waals surface area contributed by atoms with Crippen LogP contribution in [-0.4, -0.2) is 43.1 Å². The van der Waals surface area contributed by atoms with Gasteiger partial charge in [-0.15, -0.1) is 12.4 Å². The molecule has 1 atom stereocenters. The van der Waals surface area contributed by atoms with Crippen molar-refractivity contribution < 1.29 is 13.9 Å². The Morgan fingerprint density at radius 2 is 2.14 bits per heavy atom. The van der Waals surface area contributed by atoms with Crippen LogP contribution in [0.3, 0.4) is 0 Å². The third-order valence-electron chi connectivity index (χ3n) is 3.44. The highest BCUT2D eigenvalue weighted by Crippen LogP contribution is 2.12. The Kier molecular flexibility index (Phi) is 7.47. The number of hydrogen-bond donors (Lipinski definition) is 1. The van der Waals surface area contributed by atoms with E-state index in [1.165, 1.54) is 12.1 Å². The fraction of sp³-hybridized carbons (Fsp3) is 0.533. The maximum absolute atomic E-state index is 12.7. The van der Waals surface area contributed by atoms with Gasteiger partial charge in [0.25, 0.3) is 0 Å². The Morgan fingerprint density at radius 3 is 2.81 bits per heavy atom. The van der Waals surface area contributed by atoms with Crippen molar-refractivity contribution in [1.29, 1.82) is 0 Å². The molecule has 0 aromatic heterocycles. The van der Waals surface area contributed by atoms with E-state index in [0.717, 1.165) is 19.6 Å². The zero-order valence-electron chi connectivity index (χ0n) is 12.2. The largest absolute Gasteiger partial charge is 0.494 e. The van der Waals surface area contributed by atoms with E-state index >= 15 is 0 Å². The topological polar surface area (TPSA) is 41.6 Å². The Morgan fingerprint density at radius 1 is 1.43 bits per heavy atom. The Labute approximate surface area is 131 Å². The fourth-order valence-electron chi connectivity index (χ4n) is 2.30. The summed E-state index contributed by atoms with van der Waals surface area (Å²) in [5, 5.41) is 3.26. The number of carbonyl (C=O) groups is 1. The van der Waals surface area contributed by atoms with Crippen molar-refractivity contribution in [3.8, 4) is 5.75 Å². The van der Waals surface area contributed by atoms with E-state index < -0.39 is 0 Å². The zero-order valence-corrected chi connectivity index (χ0v) is 13.0. The summed E-state index contributed by atoms with van der Waals surface area (Å²) in [7, 11) is 0. The smallest absolute Gasteiger partial charge is 0.223 e. The van der Waals surface area contributed by atoms with Crippen molar-refractivity contribution in [3.63, 3.8) is 0 Å². The lowest BCUT2D eigenvalue weighted by Crippen LogP contribution is -2.52. The van der Waals surface area contributed by atoms with Gasteiger partial charge in [0, 0.05) is 32.1 Å². The quantitative estimate of drug-likeness (QED) is 0.847. The van der Waals surface area contributed by atoms with Gasteiger partial charge in [0.15, 0.2) is 0 Å². The van der Waals surface area contributed by atoms with Gasteiger partial charge < -0.3 is 15.0 Å². The molecule has 0 bridgehead atoms. The Bertz CT molecular complexity index is 442. The second kappa shape index (κ2) is 8.85. The van der Waals surface area contributed by atoms with Gasteiger partial charge >= 0.3 is 0 Å². The molecule has 1 N–H and O–H groups in total. The van der Waals surface area contributed by atoms with Crippen LogP contribution >= 0.6 is 12.4 Å². The highest BCUT2D eigenvalue weighted by Gasteiger charge is 2.22. The number of carbonyl (C=O) groups excluding carboxylic acids is 1. The third kappa shape index (κ3) is 5.52. The van der Waals surface area contributed by atoms with Gasteiger partial charge in [-0.3, -0.25) is 4.79 Å². The first-order chi connectivity index (χ1) is 9.66. The van der Waals surface area contributed by atoms with E-state index in [1.807, 2.05) is 4.90 Å². The van der Waals surface area contributed by atoms with Gasteiger partial charge in [-0.2, -0.15) is 0 Å². The van der Waals surface area contributed by atoms with Gasteiger partial charge in [-0.25, -0.2) is 4.39 Å². The summed E-state index contributed by atoms with van der Waals surface area (Å²) in [5.41, 5.74) is 0. The van der Waals surface area contributed by atoms with Crippen LogP contribution in [0.1, 0.15) is 19.8 Å². The van der Waals surface area contributed by atoms with E-state index in [2.05, 4.69) is 12.2 Å². The van der Waals surface area contributed by atoms with Crippen LogP contribution in [0.15, 0.2) is 24.3 Å². The van der Waals surface area contributed by atoms with Crippen molar-refractivity contribution >= 4 is 18.3 Å². The first kappa shape index (κ1) is 17.7. The molecular weight excluding hydrogens is 295 g/mol. The molecule has 1 fully saturated rings. The van der Waals surface area contributed by atoms with Crippen molar-refractivity contribution in [2.45, 2.75) is 25.8 Å². The molecule has 1 aliphatic rings. The summed E-state index contributed by atoms with van der Waals surface area (Å²) in [4.78, 5) is 14.0. The number of ether oxygens (including phenoxy) is 1. The SMILES string of the molecule is CC1CNCCN1C(=O)CCCOc1ccc(F)cc1.Cl. The standard InChI is InChI=1S/C15H21FN2O2.ClH/c1-12-11-17-8-9-18(12)15(19)3-2-10-20-14-6-4-13(16)5-7-14;/h4-7,12,17H,2-3,8-11H2,1H3;1H. The van der Waals surface area contributed by atoms with Gasteiger partial charge in [-0.05, 0) is 37.6 Å². The molecule has 1 aliphatic heterocycles. The second-order valence-electron chi connectivity index (χ2n) is 5.05. The van der Waals surface area contributed by atoms with E-state index in [1.54, 1.807) is 12.1 Å². The van der Waals surface area contributed by atoms with Crippen molar-refractivity contribution in [3.05, 3.63) is 30.1 Å². The molecule has 21 heavy (non-hydrogen) atoms. The number of rotatable bonds is 5. The minimum Gasteiger partial charge on any atom is -0.494 e. The van der Waals surface area contributed by atoms with Crippen molar-refractivity contribution in [2.24, 2.45) is 0 Å². The molecule has 1 unspecified atom stereocenters. The molecule has 1 aromatic carbocycles. The highest BCUT2D eigenvalue weighted by atomic mass is 35.5. The molecule has 4 nitrogen and oxygen atoms in total. The number of amides is 1. The summed E-state index contributed by atoms with van der Waals surface area (Å²) < 4.78 is 18.2. The number of hydrogen-bond acceptors (Lipinski definition) is 3. The molecule has 2 rings (SSSR count). The number of halogens is 2. The van der Waals surface area contributed by atoms with Crippen LogP contribution < -0.4 is 10.1 Å². The molecule has 0 radical (unpaired) electrons. The van der Waals surface area contributed by atoms with Crippen LogP contribution in [0.4, 0.5) is 4.39 Å². The first-order valence-corrected chi connectivity index (χ1v) is 7.05. The molecule has 0 spiro atoms. The molecule has 1 amide bonds. The molecule has 1 saturated heterocycles. The summed E-state index contributed by atoms with van der Waals surface area (Å²) in [6.45, 7) is 5.02. The molecule has 0 saturated carbocycles. The van der Waals surface area contributed by atoms with Crippen LogP contribution in [-0.2, 0) is 4.79 Å². The lowest BCUT2D eigenvalue weighted by molar-refractivity contribution is -0.134. The number of nitrogens with one attached hydrogen (secondary N) is 1. The molecule has 0 aliphatic carbocycles. The normalized spacial score (nSPS) is 18.0. The van der Waals surface area contributed by atoms with Crippen LogP contribution in [0.2, 0.25) is 0 Å². The lowest BCUT2D eigenvalue weighted by Gasteiger charge is -2.34. The summed E-state index contributed by atoms with van der Waals surface area (Å²) in [6.07, 6.45) is 1.17. The molecular formula is C15H22ClFN2O2. The predicted molar refractivity (Wildman–Crippen MR) is 82.4 cm³/mol. The van der Waals surface area contributed by atoms with Crippen LogP contribution in [0.5, 0.6) is 5.75 Å². The molecule has 1 aromatic rings. The predicted octanol–water partition coefficient (Wildman–Crippen LogP) is 2.23. The average Bonchev–Trinajstić information content (AvgIpc) is 2.46. The lowest BCUT2D eigenvalue weighted by atomic mass is 10.2. The minimum absolute atomic E-state index is 0. The fourth-order valence-corrected chi connectivity index (χ4v) is 2.30. The monoisotopic (exact) mass is 316 g/mol. The summed E-state index contributed by atoms with van der Waals surface area (Å²) >= 11 is 0. The van der Waals surface area contributed by atoms with Crippen LogP contribution in [0, 0.1) is 5.82 Å². The van der Waals surface area contributed by atoms with E-state index in [-0.39, 0.29) is 30.2 Å². The number of nitrogens with zero attached hydrogens (tertiary/aromatic N) is 1. The first-order valence-electron chi connectivity index (χ1n) is 7.05. The van der Waals surface area contributed by atoms with Crippen LogP contribution in [0.25, 0.3) is 0 Å². The maximum Gasteiger partial charge on any atom is 0.223 e. The van der Waals surface area contributed by atoms with E-state index in [4.69, 9.17) is 4.74 Å². The van der Waals surface area contributed by atoms with E-state index in [0.29, 0.717) is 25.2 Å². The summed E-state index contributed by atoms with van der Waals surface area (Å²) in [6, 6.07) is 6.17. The molecule has 118 valence electrons. The van der Waals surface area contributed by atoms with Gasteiger partial charge in [0.05, 0.1) is 6.61 Å². The number of benzene rings is 1. The maximum atomic E-state index is 12.7. The van der Waals surface area contributed by atoms with E-state index in [9.17, 15) is 9.18 Å². The molecule has 1 heterocycles. The second-order valence-corrected chi connectivity index (χ2v) is 5.05.